The van der Waals surface area contributed by atoms with Gasteiger partial charge < -0.3 is 14.2 Å². The van der Waals surface area contributed by atoms with Crippen molar-refractivity contribution >= 4 is 17.6 Å². The molecule has 4 nitrogen and oxygen atoms in total. The van der Waals surface area contributed by atoms with Crippen molar-refractivity contribution in [3.05, 3.63) is 35.9 Å². The lowest BCUT2D eigenvalue weighted by molar-refractivity contribution is -0.153. The highest BCUT2D eigenvalue weighted by Crippen LogP contribution is 2.16. The van der Waals surface area contributed by atoms with E-state index in [0.717, 1.165) is 5.56 Å². The van der Waals surface area contributed by atoms with Crippen LogP contribution in [-0.4, -0.2) is 31.4 Å². The molecule has 130 valence electrons. The van der Waals surface area contributed by atoms with Crippen LogP contribution in [0, 0.1) is 5.41 Å². The number of hydrogen-bond acceptors (Lipinski definition) is 4. The van der Waals surface area contributed by atoms with Gasteiger partial charge in [-0.05, 0) is 32.8 Å². The Morgan fingerprint density at radius 2 is 1.78 bits per heavy atom. The fraction of sp³-hybridized carbons (Fsp3) is 0.611. The van der Waals surface area contributed by atoms with E-state index < -0.39 is 5.41 Å². The van der Waals surface area contributed by atoms with Gasteiger partial charge in [0.1, 0.15) is 6.07 Å². The van der Waals surface area contributed by atoms with E-state index in [-0.39, 0.29) is 18.1 Å². The lowest BCUT2D eigenvalue weighted by Gasteiger charge is -2.19. The minimum atomic E-state index is -0.484. The van der Waals surface area contributed by atoms with Gasteiger partial charge in [-0.3, -0.25) is 4.79 Å². The standard InChI is InChI=1S/C18H27ClO4/c1-18(2,3)17(20)22-12-10-16(23-14-19)9-11-21-13-15-7-5-4-6-8-15/h4-8,16H,9-14H2,1-3H3. The first-order chi connectivity index (χ1) is 10.9. The van der Waals surface area contributed by atoms with Crippen LogP contribution in [0.15, 0.2) is 30.3 Å². The Labute approximate surface area is 144 Å². The third kappa shape index (κ3) is 8.94. The molecule has 0 aromatic heterocycles. The number of benzene rings is 1. The SMILES string of the molecule is CC(C)(C)C(=O)OCCC(CCOCc1ccccc1)OCCl. The maximum absolute atomic E-state index is 11.7. The van der Waals surface area contributed by atoms with E-state index in [0.29, 0.717) is 32.7 Å². The summed E-state index contributed by atoms with van der Waals surface area (Å²) in [7, 11) is 0. The third-order valence-corrected chi connectivity index (χ3v) is 3.41. The zero-order chi connectivity index (χ0) is 17.1. The van der Waals surface area contributed by atoms with Gasteiger partial charge in [-0.1, -0.05) is 41.9 Å². The molecule has 0 aliphatic heterocycles. The van der Waals surface area contributed by atoms with Crippen LogP contribution in [0.25, 0.3) is 0 Å². The molecule has 0 aliphatic carbocycles. The molecule has 0 saturated heterocycles. The predicted octanol–water partition coefficient (Wildman–Crippen LogP) is 4.15. The first-order valence-electron chi connectivity index (χ1n) is 7.90. The Morgan fingerprint density at radius 3 is 2.39 bits per heavy atom. The van der Waals surface area contributed by atoms with Crippen molar-refractivity contribution in [2.45, 2.75) is 46.3 Å². The molecule has 1 rings (SSSR count). The van der Waals surface area contributed by atoms with Crippen LogP contribution in [0.4, 0.5) is 0 Å². The Kier molecular flexibility index (Phi) is 9.22. The molecule has 1 aromatic carbocycles. The van der Waals surface area contributed by atoms with E-state index >= 15 is 0 Å². The second-order valence-corrected chi connectivity index (χ2v) is 6.62. The average molecular weight is 343 g/mol. The maximum atomic E-state index is 11.7. The Hall–Kier alpha value is -1.10. The minimum absolute atomic E-state index is 0.0731. The smallest absolute Gasteiger partial charge is 0.311 e. The number of rotatable bonds is 10. The van der Waals surface area contributed by atoms with Crippen molar-refractivity contribution in [3.63, 3.8) is 0 Å². The number of hydrogen-bond donors (Lipinski definition) is 0. The summed E-state index contributed by atoms with van der Waals surface area (Å²) < 4.78 is 16.4. The van der Waals surface area contributed by atoms with Crippen LogP contribution < -0.4 is 0 Å². The molecule has 0 amide bonds. The third-order valence-electron chi connectivity index (χ3n) is 3.28. The molecule has 0 spiro atoms. The number of carbonyl (C=O) groups excluding carboxylic acids is 1. The minimum Gasteiger partial charge on any atom is -0.465 e. The Balaban J connectivity index is 2.22. The number of carbonyl (C=O) groups is 1. The summed E-state index contributed by atoms with van der Waals surface area (Å²) in [6.45, 7) is 6.98. The summed E-state index contributed by atoms with van der Waals surface area (Å²) in [6, 6.07) is 10.1. The van der Waals surface area contributed by atoms with Crippen molar-refractivity contribution < 1.29 is 19.0 Å². The van der Waals surface area contributed by atoms with E-state index in [1.54, 1.807) is 0 Å². The molecule has 0 saturated carbocycles. The van der Waals surface area contributed by atoms with Gasteiger partial charge in [-0.15, -0.1) is 0 Å². The molecule has 1 atom stereocenters. The molecule has 0 heterocycles. The van der Waals surface area contributed by atoms with Crippen molar-refractivity contribution in [3.8, 4) is 0 Å². The Morgan fingerprint density at radius 1 is 1.13 bits per heavy atom. The molecule has 0 radical (unpaired) electrons. The number of esters is 1. The molecule has 0 aliphatic rings. The molecule has 0 bridgehead atoms. The first kappa shape index (κ1) is 19.9. The summed E-state index contributed by atoms with van der Waals surface area (Å²) in [5, 5.41) is 0. The van der Waals surface area contributed by atoms with Gasteiger partial charge >= 0.3 is 5.97 Å². The van der Waals surface area contributed by atoms with Crippen LogP contribution in [0.3, 0.4) is 0 Å². The fourth-order valence-corrected chi connectivity index (χ4v) is 2.06. The van der Waals surface area contributed by atoms with Crippen molar-refractivity contribution in [2.75, 3.05) is 19.3 Å². The second-order valence-electron chi connectivity index (χ2n) is 6.40. The highest BCUT2D eigenvalue weighted by Gasteiger charge is 2.23. The van der Waals surface area contributed by atoms with Gasteiger partial charge in [0, 0.05) is 13.0 Å². The number of ether oxygens (including phenoxy) is 3. The zero-order valence-corrected chi connectivity index (χ0v) is 15.0. The van der Waals surface area contributed by atoms with Gasteiger partial charge in [0.05, 0.1) is 24.7 Å². The molecule has 1 unspecified atom stereocenters. The van der Waals surface area contributed by atoms with E-state index in [1.165, 1.54) is 0 Å². The highest BCUT2D eigenvalue weighted by molar-refractivity contribution is 6.17. The van der Waals surface area contributed by atoms with Crippen molar-refractivity contribution in [2.24, 2.45) is 5.41 Å². The molecule has 5 heteroatoms. The van der Waals surface area contributed by atoms with Gasteiger partial charge in [0.15, 0.2) is 0 Å². The van der Waals surface area contributed by atoms with Crippen LogP contribution in [0.1, 0.15) is 39.2 Å². The van der Waals surface area contributed by atoms with Gasteiger partial charge in [0.25, 0.3) is 0 Å². The van der Waals surface area contributed by atoms with E-state index in [9.17, 15) is 4.79 Å². The van der Waals surface area contributed by atoms with Gasteiger partial charge in [-0.2, -0.15) is 0 Å². The van der Waals surface area contributed by atoms with Crippen LogP contribution >= 0.6 is 11.6 Å². The van der Waals surface area contributed by atoms with Crippen LogP contribution in [-0.2, 0) is 25.6 Å². The predicted molar refractivity (Wildman–Crippen MR) is 91.3 cm³/mol. The largest absolute Gasteiger partial charge is 0.465 e. The summed E-state index contributed by atoms with van der Waals surface area (Å²) in [6.07, 6.45) is 1.26. The molecule has 1 aromatic rings. The lowest BCUT2D eigenvalue weighted by atomic mass is 9.97. The lowest BCUT2D eigenvalue weighted by Crippen LogP contribution is -2.25. The summed E-state index contributed by atoms with van der Waals surface area (Å²) >= 11 is 5.65. The van der Waals surface area contributed by atoms with Crippen molar-refractivity contribution in [1.82, 2.24) is 0 Å². The summed E-state index contributed by atoms with van der Waals surface area (Å²) in [5.74, 6) is -0.206. The second kappa shape index (κ2) is 10.6. The Bertz CT molecular complexity index is 442. The molecule has 23 heavy (non-hydrogen) atoms. The highest BCUT2D eigenvalue weighted by atomic mass is 35.5. The van der Waals surface area contributed by atoms with Crippen molar-refractivity contribution in [1.29, 1.82) is 0 Å². The number of halogens is 1. The first-order valence-corrected chi connectivity index (χ1v) is 8.43. The normalized spacial score (nSPS) is 12.9. The van der Waals surface area contributed by atoms with E-state index in [1.807, 2.05) is 51.1 Å². The maximum Gasteiger partial charge on any atom is 0.311 e. The molecule has 0 fully saturated rings. The average Bonchev–Trinajstić information content (AvgIpc) is 2.51. The van der Waals surface area contributed by atoms with Crippen LogP contribution in [0.2, 0.25) is 0 Å². The van der Waals surface area contributed by atoms with Crippen LogP contribution in [0.5, 0.6) is 0 Å². The topological polar surface area (TPSA) is 44.8 Å². The van der Waals surface area contributed by atoms with Gasteiger partial charge in [-0.25, -0.2) is 0 Å². The summed E-state index contributed by atoms with van der Waals surface area (Å²) in [5.41, 5.74) is 0.656. The summed E-state index contributed by atoms with van der Waals surface area (Å²) in [4.78, 5) is 11.7. The zero-order valence-electron chi connectivity index (χ0n) is 14.2. The molecular formula is C18H27ClO4. The fourth-order valence-electron chi connectivity index (χ4n) is 1.88. The van der Waals surface area contributed by atoms with Gasteiger partial charge in [0.2, 0.25) is 0 Å². The quantitative estimate of drug-likeness (QED) is 0.364. The molecule has 0 N–H and O–H groups in total. The number of alkyl halides is 1. The molecular weight excluding hydrogens is 316 g/mol. The van der Waals surface area contributed by atoms with E-state index in [4.69, 9.17) is 25.8 Å². The monoisotopic (exact) mass is 342 g/mol. The van der Waals surface area contributed by atoms with E-state index in [2.05, 4.69) is 0 Å².